The second kappa shape index (κ2) is 8.92. The molecule has 0 unspecified atom stereocenters. The Kier molecular flexibility index (Phi) is 7.22. The van der Waals surface area contributed by atoms with Crippen LogP contribution >= 0.6 is 0 Å². The average molecular weight is 309 g/mol. The van der Waals surface area contributed by atoms with E-state index in [-0.39, 0.29) is 5.56 Å². The molecule has 1 atom stereocenters. The van der Waals surface area contributed by atoms with E-state index in [1.807, 2.05) is 6.92 Å². The van der Waals surface area contributed by atoms with Crippen LogP contribution in [0.4, 0.5) is 0 Å². The van der Waals surface area contributed by atoms with Gasteiger partial charge in [-0.05, 0) is 38.5 Å². The Morgan fingerprint density at radius 2 is 1.91 bits per heavy atom. The van der Waals surface area contributed by atoms with Gasteiger partial charge in [0.1, 0.15) is 0 Å². The zero-order valence-corrected chi connectivity index (χ0v) is 13.3. The minimum absolute atomic E-state index is 0.277. The summed E-state index contributed by atoms with van der Waals surface area (Å²) in [4.78, 5) is 22.9. The van der Waals surface area contributed by atoms with Gasteiger partial charge in [-0.15, -0.1) is 0 Å². The summed E-state index contributed by atoms with van der Waals surface area (Å²) in [5, 5.41) is 0. The zero-order valence-electron chi connectivity index (χ0n) is 13.3. The maximum Gasteiger partial charge on any atom is 0.339 e. The predicted molar refractivity (Wildman–Crippen MR) is 82.1 cm³/mol. The molecule has 0 heterocycles. The lowest BCUT2D eigenvalue weighted by Crippen LogP contribution is -2.30. The van der Waals surface area contributed by atoms with E-state index in [9.17, 15) is 9.59 Å². The summed E-state index contributed by atoms with van der Waals surface area (Å²) in [5.74, 6) is -0.278. The lowest BCUT2D eigenvalue weighted by atomic mass is 10.2. The number of esters is 1. The number of hydrogen-bond donors (Lipinski definition) is 1. The number of benzene rings is 1. The second-order valence-electron chi connectivity index (χ2n) is 4.75. The molecule has 1 rings (SSSR count). The largest absolute Gasteiger partial charge is 0.490 e. The first-order valence-electron chi connectivity index (χ1n) is 7.39. The highest BCUT2D eigenvalue weighted by Gasteiger charge is 2.18. The van der Waals surface area contributed by atoms with Gasteiger partial charge in [0, 0.05) is 0 Å². The first-order chi connectivity index (χ1) is 10.5. The van der Waals surface area contributed by atoms with Crippen LogP contribution in [0.25, 0.3) is 0 Å². The van der Waals surface area contributed by atoms with Crippen LogP contribution < -0.4 is 15.2 Å². The predicted octanol–water partition coefficient (Wildman–Crippen LogP) is 2.29. The van der Waals surface area contributed by atoms with Crippen molar-refractivity contribution in [3.63, 3.8) is 0 Å². The summed E-state index contributed by atoms with van der Waals surface area (Å²) >= 11 is 0. The molecule has 0 aliphatic rings. The van der Waals surface area contributed by atoms with Crippen LogP contribution in [0.5, 0.6) is 11.5 Å². The average Bonchev–Trinajstić information content (AvgIpc) is 2.48. The lowest BCUT2D eigenvalue weighted by Gasteiger charge is -2.14. The van der Waals surface area contributed by atoms with E-state index < -0.39 is 18.0 Å². The standard InChI is InChI=1S/C16H23NO5/c1-4-6-9-21-13-8-7-12(10-14(13)20-5-2)16(19)22-11(3)15(17)18/h7-8,10-11H,4-6,9H2,1-3H3,(H2,17,18)/t11-/m0/s1. The molecule has 0 saturated carbocycles. The molecule has 6 heteroatoms. The first-order valence-corrected chi connectivity index (χ1v) is 7.39. The number of rotatable bonds is 9. The van der Waals surface area contributed by atoms with E-state index in [4.69, 9.17) is 19.9 Å². The van der Waals surface area contributed by atoms with E-state index >= 15 is 0 Å². The molecule has 0 fully saturated rings. The molecule has 2 N–H and O–H groups in total. The Morgan fingerprint density at radius 3 is 2.50 bits per heavy atom. The molecule has 0 aliphatic heterocycles. The minimum Gasteiger partial charge on any atom is -0.490 e. The molecule has 0 saturated heterocycles. The quantitative estimate of drug-likeness (QED) is 0.558. The number of amides is 1. The number of unbranched alkanes of at least 4 members (excludes halogenated alkanes) is 1. The molecule has 0 radical (unpaired) electrons. The number of carbonyl (C=O) groups excluding carboxylic acids is 2. The molecule has 1 amide bonds. The van der Waals surface area contributed by atoms with Crippen molar-refractivity contribution in [3.05, 3.63) is 23.8 Å². The van der Waals surface area contributed by atoms with Gasteiger partial charge in [0.25, 0.3) is 5.91 Å². The summed E-state index contributed by atoms with van der Waals surface area (Å²) in [6.07, 6.45) is 0.980. The van der Waals surface area contributed by atoms with Gasteiger partial charge in [-0.1, -0.05) is 13.3 Å². The fraction of sp³-hybridized carbons (Fsp3) is 0.500. The highest BCUT2D eigenvalue weighted by Crippen LogP contribution is 2.29. The Balaban J connectivity index is 2.86. The normalized spacial score (nSPS) is 11.6. The summed E-state index contributed by atoms with van der Waals surface area (Å²) in [7, 11) is 0. The van der Waals surface area contributed by atoms with Crippen LogP contribution in [0, 0.1) is 0 Å². The molecule has 0 aromatic heterocycles. The summed E-state index contributed by atoms with van der Waals surface area (Å²) in [5.41, 5.74) is 5.35. The van der Waals surface area contributed by atoms with Gasteiger partial charge in [-0.3, -0.25) is 4.79 Å². The summed E-state index contributed by atoms with van der Waals surface area (Å²) in [6, 6.07) is 4.77. The van der Waals surface area contributed by atoms with Gasteiger partial charge in [-0.2, -0.15) is 0 Å². The van der Waals surface area contributed by atoms with Crippen LogP contribution in [0.15, 0.2) is 18.2 Å². The van der Waals surface area contributed by atoms with Crippen LogP contribution in [0.2, 0.25) is 0 Å². The molecule has 1 aromatic rings. The van der Waals surface area contributed by atoms with Crippen molar-refractivity contribution in [2.24, 2.45) is 5.73 Å². The molecule has 122 valence electrons. The highest BCUT2D eigenvalue weighted by atomic mass is 16.5. The Labute approximate surface area is 130 Å². The summed E-state index contributed by atoms with van der Waals surface area (Å²) < 4.78 is 16.1. The Hall–Kier alpha value is -2.24. The summed E-state index contributed by atoms with van der Waals surface area (Å²) in [6.45, 7) is 6.37. The van der Waals surface area contributed by atoms with Gasteiger partial charge < -0.3 is 19.9 Å². The molecular formula is C16H23NO5. The molecule has 0 aliphatic carbocycles. The number of ether oxygens (including phenoxy) is 3. The van der Waals surface area contributed by atoms with Crippen LogP contribution in [0.1, 0.15) is 44.0 Å². The maximum absolute atomic E-state index is 12.0. The fourth-order valence-corrected chi connectivity index (χ4v) is 1.64. The van der Waals surface area contributed by atoms with E-state index in [0.29, 0.717) is 24.7 Å². The van der Waals surface area contributed by atoms with Crippen molar-refractivity contribution >= 4 is 11.9 Å². The molecule has 6 nitrogen and oxygen atoms in total. The molecular weight excluding hydrogens is 286 g/mol. The number of carbonyl (C=O) groups is 2. The van der Waals surface area contributed by atoms with Crippen LogP contribution in [-0.4, -0.2) is 31.2 Å². The number of hydrogen-bond acceptors (Lipinski definition) is 5. The minimum atomic E-state index is -0.983. The highest BCUT2D eigenvalue weighted by molar-refractivity contribution is 5.92. The number of primary amides is 1. The number of nitrogens with two attached hydrogens (primary N) is 1. The van der Waals surface area contributed by atoms with Crippen LogP contribution in [-0.2, 0) is 9.53 Å². The molecule has 0 bridgehead atoms. The van der Waals surface area contributed by atoms with Crippen molar-refractivity contribution in [3.8, 4) is 11.5 Å². The van der Waals surface area contributed by atoms with E-state index in [0.717, 1.165) is 12.8 Å². The smallest absolute Gasteiger partial charge is 0.339 e. The van der Waals surface area contributed by atoms with E-state index in [2.05, 4.69) is 6.92 Å². The zero-order chi connectivity index (χ0) is 16.5. The van der Waals surface area contributed by atoms with E-state index in [1.165, 1.54) is 6.92 Å². The molecule has 0 spiro atoms. The molecule has 22 heavy (non-hydrogen) atoms. The third-order valence-corrected chi connectivity index (χ3v) is 2.92. The van der Waals surface area contributed by atoms with Crippen LogP contribution in [0.3, 0.4) is 0 Å². The third kappa shape index (κ3) is 5.27. The SMILES string of the molecule is CCCCOc1ccc(C(=O)O[C@@H](C)C(N)=O)cc1OCC. The third-order valence-electron chi connectivity index (χ3n) is 2.92. The fourth-order valence-electron chi connectivity index (χ4n) is 1.64. The lowest BCUT2D eigenvalue weighted by molar-refractivity contribution is -0.125. The topological polar surface area (TPSA) is 87.9 Å². The Morgan fingerprint density at radius 1 is 1.18 bits per heavy atom. The van der Waals surface area contributed by atoms with Crippen molar-refractivity contribution in [2.75, 3.05) is 13.2 Å². The van der Waals surface area contributed by atoms with Gasteiger partial charge >= 0.3 is 5.97 Å². The van der Waals surface area contributed by atoms with Gasteiger partial charge in [0.15, 0.2) is 17.6 Å². The van der Waals surface area contributed by atoms with Gasteiger partial charge in [-0.25, -0.2) is 4.79 Å². The van der Waals surface area contributed by atoms with Gasteiger partial charge in [0.2, 0.25) is 0 Å². The Bertz CT molecular complexity index is 515. The monoisotopic (exact) mass is 309 g/mol. The van der Waals surface area contributed by atoms with E-state index in [1.54, 1.807) is 18.2 Å². The van der Waals surface area contributed by atoms with Crippen molar-refractivity contribution < 1.29 is 23.8 Å². The first kappa shape index (κ1) is 17.8. The second-order valence-corrected chi connectivity index (χ2v) is 4.75. The van der Waals surface area contributed by atoms with Crippen molar-refractivity contribution in [2.45, 2.75) is 39.7 Å². The van der Waals surface area contributed by atoms with Crippen molar-refractivity contribution in [1.29, 1.82) is 0 Å². The van der Waals surface area contributed by atoms with Gasteiger partial charge in [0.05, 0.1) is 18.8 Å². The molecule has 1 aromatic carbocycles. The van der Waals surface area contributed by atoms with Crippen molar-refractivity contribution in [1.82, 2.24) is 0 Å². The maximum atomic E-state index is 12.0.